The second kappa shape index (κ2) is 12.5. The standard InChI is InChI=1S/C19H28Cl2N6.HI/c1-5-22-19(24-11-18-25-12-26-27(18)4)23-10-15(13(2)3)8-14-6-7-16(20)9-17(14)21;/h6-7,9,12-13,15H,5,8,10-11H2,1-4H3,(H2,22,23,24);1H. The molecule has 0 bridgehead atoms. The molecule has 0 aliphatic heterocycles. The highest BCUT2D eigenvalue weighted by Gasteiger charge is 2.16. The zero-order valence-corrected chi connectivity index (χ0v) is 20.6. The Bertz CT molecular complexity index is 763. The fraction of sp³-hybridized carbons (Fsp3) is 0.526. The molecule has 2 N–H and O–H groups in total. The summed E-state index contributed by atoms with van der Waals surface area (Å²) in [4.78, 5) is 8.82. The Morgan fingerprint density at radius 1 is 1.25 bits per heavy atom. The van der Waals surface area contributed by atoms with E-state index in [-0.39, 0.29) is 24.0 Å². The summed E-state index contributed by atoms with van der Waals surface area (Å²) in [5.74, 6) is 2.49. The number of aromatic nitrogens is 3. The van der Waals surface area contributed by atoms with Gasteiger partial charge in [0.15, 0.2) is 5.96 Å². The molecule has 1 aromatic carbocycles. The highest BCUT2D eigenvalue weighted by Crippen LogP contribution is 2.25. The van der Waals surface area contributed by atoms with Gasteiger partial charge in [-0.25, -0.2) is 9.98 Å². The van der Waals surface area contributed by atoms with Crippen LogP contribution in [0.3, 0.4) is 0 Å². The molecule has 0 aliphatic rings. The Labute approximate surface area is 194 Å². The molecule has 1 atom stereocenters. The van der Waals surface area contributed by atoms with Crippen LogP contribution < -0.4 is 10.6 Å². The molecule has 6 nitrogen and oxygen atoms in total. The number of nitrogens with one attached hydrogen (secondary N) is 2. The first-order valence-corrected chi connectivity index (χ1v) is 9.95. The Kier molecular flexibility index (Phi) is 11.1. The summed E-state index contributed by atoms with van der Waals surface area (Å²) in [6, 6.07) is 5.70. The van der Waals surface area contributed by atoms with Crippen LogP contribution in [0.4, 0.5) is 0 Å². The maximum absolute atomic E-state index is 6.36. The Balaban J connectivity index is 0.00000392. The lowest BCUT2D eigenvalue weighted by molar-refractivity contribution is 0.378. The first-order chi connectivity index (χ1) is 12.9. The molecule has 156 valence electrons. The van der Waals surface area contributed by atoms with Gasteiger partial charge < -0.3 is 10.6 Å². The number of nitrogens with zero attached hydrogens (tertiary/aromatic N) is 4. The maximum atomic E-state index is 6.36. The summed E-state index contributed by atoms with van der Waals surface area (Å²) in [6.45, 7) is 8.55. The summed E-state index contributed by atoms with van der Waals surface area (Å²) >= 11 is 12.4. The van der Waals surface area contributed by atoms with Gasteiger partial charge in [-0.3, -0.25) is 4.68 Å². The molecular formula is C19H29Cl2IN6. The van der Waals surface area contributed by atoms with Gasteiger partial charge in [0.2, 0.25) is 0 Å². The third-order valence-electron chi connectivity index (χ3n) is 4.50. The van der Waals surface area contributed by atoms with Gasteiger partial charge in [-0.2, -0.15) is 5.10 Å². The van der Waals surface area contributed by atoms with Gasteiger partial charge in [-0.15, -0.1) is 24.0 Å². The Morgan fingerprint density at radius 2 is 2.00 bits per heavy atom. The lowest BCUT2D eigenvalue weighted by Gasteiger charge is -2.23. The highest BCUT2D eigenvalue weighted by molar-refractivity contribution is 14.0. The molecule has 0 spiro atoms. The lowest BCUT2D eigenvalue weighted by Crippen LogP contribution is -2.41. The fourth-order valence-electron chi connectivity index (χ4n) is 2.70. The Hall–Kier alpha value is -1.06. The van der Waals surface area contributed by atoms with Crippen LogP contribution in [0, 0.1) is 11.8 Å². The first-order valence-electron chi connectivity index (χ1n) is 9.19. The van der Waals surface area contributed by atoms with E-state index in [9.17, 15) is 0 Å². The SMILES string of the molecule is CCNC(=NCc1ncnn1C)NCC(Cc1ccc(Cl)cc1Cl)C(C)C.I. The maximum Gasteiger partial charge on any atom is 0.191 e. The number of guanidine groups is 1. The predicted molar refractivity (Wildman–Crippen MR) is 128 cm³/mol. The van der Waals surface area contributed by atoms with Crippen molar-refractivity contribution in [2.45, 2.75) is 33.7 Å². The predicted octanol–water partition coefficient (Wildman–Crippen LogP) is 4.31. The molecule has 0 radical (unpaired) electrons. The molecule has 0 saturated carbocycles. The van der Waals surface area contributed by atoms with E-state index in [1.165, 1.54) is 6.33 Å². The smallest absolute Gasteiger partial charge is 0.191 e. The molecule has 0 aliphatic carbocycles. The van der Waals surface area contributed by atoms with E-state index >= 15 is 0 Å². The van der Waals surface area contributed by atoms with Crippen LogP contribution in [0.25, 0.3) is 0 Å². The van der Waals surface area contributed by atoms with Crippen molar-refractivity contribution in [1.29, 1.82) is 0 Å². The largest absolute Gasteiger partial charge is 0.357 e. The minimum absolute atomic E-state index is 0. The van der Waals surface area contributed by atoms with E-state index in [0.717, 1.165) is 41.9 Å². The van der Waals surface area contributed by atoms with Crippen molar-refractivity contribution in [2.24, 2.45) is 23.9 Å². The van der Waals surface area contributed by atoms with Crippen molar-refractivity contribution in [3.63, 3.8) is 0 Å². The van der Waals surface area contributed by atoms with Crippen molar-refractivity contribution in [3.05, 3.63) is 46.0 Å². The molecule has 1 heterocycles. The zero-order valence-electron chi connectivity index (χ0n) is 16.7. The Morgan fingerprint density at radius 3 is 2.57 bits per heavy atom. The van der Waals surface area contributed by atoms with E-state index in [1.54, 1.807) is 10.7 Å². The van der Waals surface area contributed by atoms with Crippen molar-refractivity contribution in [3.8, 4) is 0 Å². The minimum atomic E-state index is 0. The third-order valence-corrected chi connectivity index (χ3v) is 5.09. The molecule has 1 unspecified atom stereocenters. The monoisotopic (exact) mass is 538 g/mol. The number of aliphatic imine (C=N–C) groups is 1. The lowest BCUT2D eigenvalue weighted by atomic mass is 9.89. The van der Waals surface area contributed by atoms with Gasteiger partial charge in [0, 0.05) is 30.2 Å². The fourth-order valence-corrected chi connectivity index (χ4v) is 3.18. The number of benzene rings is 1. The second-order valence-electron chi connectivity index (χ2n) is 6.82. The van der Waals surface area contributed by atoms with Crippen LogP contribution in [0.2, 0.25) is 10.0 Å². The second-order valence-corrected chi connectivity index (χ2v) is 7.66. The highest BCUT2D eigenvalue weighted by atomic mass is 127. The van der Waals surface area contributed by atoms with Gasteiger partial charge >= 0.3 is 0 Å². The summed E-state index contributed by atoms with van der Waals surface area (Å²) in [6.07, 6.45) is 2.42. The van der Waals surface area contributed by atoms with Gasteiger partial charge in [0.1, 0.15) is 18.7 Å². The quantitative estimate of drug-likeness (QED) is 0.298. The number of hydrogen-bond donors (Lipinski definition) is 2. The molecule has 9 heteroatoms. The molecule has 2 aromatic rings. The van der Waals surface area contributed by atoms with Crippen molar-refractivity contribution in [2.75, 3.05) is 13.1 Å². The molecule has 2 rings (SSSR count). The van der Waals surface area contributed by atoms with Gasteiger partial charge in [-0.05, 0) is 42.9 Å². The summed E-state index contributed by atoms with van der Waals surface area (Å²) in [5, 5.41) is 12.2. The van der Waals surface area contributed by atoms with E-state index in [2.05, 4.69) is 39.6 Å². The van der Waals surface area contributed by atoms with Crippen molar-refractivity contribution < 1.29 is 0 Å². The number of rotatable bonds is 8. The molecular weight excluding hydrogens is 510 g/mol. The third kappa shape index (κ3) is 7.75. The molecule has 0 amide bonds. The van der Waals surface area contributed by atoms with Crippen molar-refractivity contribution >= 4 is 53.1 Å². The van der Waals surface area contributed by atoms with Crippen LogP contribution in [-0.2, 0) is 20.0 Å². The van der Waals surface area contributed by atoms with Crippen LogP contribution in [0.15, 0.2) is 29.5 Å². The van der Waals surface area contributed by atoms with Crippen LogP contribution in [-0.4, -0.2) is 33.8 Å². The van der Waals surface area contributed by atoms with Gasteiger partial charge in [0.05, 0.1) is 0 Å². The van der Waals surface area contributed by atoms with E-state index in [0.29, 0.717) is 23.4 Å². The normalized spacial score (nSPS) is 12.6. The number of halogens is 3. The average molecular weight is 539 g/mol. The summed E-state index contributed by atoms with van der Waals surface area (Å²) < 4.78 is 1.73. The zero-order chi connectivity index (χ0) is 19.8. The number of hydrogen-bond acceptors (Lipinski definition) is 3. The summed E-state index contributed by atoms with van der Waals surface area (Å²) in [5.41, 5.74) is 1.11. The minimum Gasteiger partial charge on any atom is -0.357 e. The summed E-state index contributed by atoms with van der Waals surface area (Å²) in [7, 11) is 1.86. The number of aryl methyl sites for hydroxylation is 1. The van der Waals surface area contributed by atoms with Crippen LogP contribution >= 0.6 is 47.2 Å². The van der Waals surface area contributed by atoms with E-state index < -0.39 is 0 Å². The molecule has 1 aromatic heterocycles. The average Bonchev–Trinajstić information content (AvgIpc) is 3.02. The van der Waals surface area contributed by atoms with Gasteiger partial charge in [0.25, 0.3) is 0 Å². The van der Waals surface area contributed by atoms with Crippen LogP contribution in [0.1, 0.15) is 32.2 Å². The topological polar surface area (TPSA) is 67.1 Å². The molecule has 0 saturated heterocycles. The molecule has 0 fully saturated rings. The van der Waals surface area contributed by atoms with E-state index in [4.69, 9.17) is 23.2 Å². The van der Waals surface area contributed by atoms with Crippen molar-refractivity contribution in [1.82, 2.24) is 25.4 Å². The van der Waals surface area contributed by atoms with Gasteiger partial charge in [-0.1, -0.05) is 43.1 Å². The first kappa shape index (κ1) is 25.0. The van der Waals surface area contributed by atoms with E-state index in [1.807, 2.05) is 26.1 Å². The van der Waals surface area contributed by atoms with Crippen LogP contribution in [0.5, 0.6) is 0 Å². The molecule has 28 heavy (non-hydrogen) atoms.